The van der Waals surface area contributed by atoms with Gasteiger partial charge < -0.3 is 4.74 Å². The predicted octanol–water partition coefficient (Wildman–Crippen LogP) is 6.54. The molecular formula is C27H26ClF2N3O2S. The molecule has 0 amide bonds. The van der Waals surface area contributed by atoms with Crippen LogP contribution in [0.25, 0.3) is 0 Å². The molecule has 0 unspecified atom stereocenters. The van der Waals surface area contributed by atoms with Crippen LogP contribution in [-0.4, -0.2) is 41.2 Å². The fourth-order valence-corrected chi connectivity index (χ4v) is 6.00. The maximum absolute atomic E-state index is 15.5. The molecule has 0 N–H and O–H groups in total. The van der Waals surface area contributed by atoms with Gasteiger partial charge in [0.1, 0.15) is 16.5 Å². The second kappa shape index (κ2) is 10.6. The van der Waals surface area contributed by atoms with Crippen LogP contribution in [0.15, 0.2) is 47.8 Å². The standard InChI is InChI=1S/C27H26ClF2N3O2S/c1-4-35-26(34)22-15-36-25(32-22)24(17-5-7-20(28)8-6-17)33-13-19(14-33)23(27(2,3)30)18-9-16(12-31)10-21(29)11-18/h5-11,15,19,23-24H,4,13-14H2,1-3H3/t23-,24+/m1/s1. The lowest BCUT2D eigenvalue weighted by molar-refractivity contribution is 0.00799. The van der Waals surface area contributed by atoms with E-state index in [4.69, 9.17) is 16.3 Å². The SMILES string of the molecule is CCOC(=O)c1csc([C@H](c2ccc(Cl)cc2)N2CC([C@@H](c3cc(F)cc(C#N)c3)C(C)(C)F)C2)n1. The van der Waals surface area contributed by atoms with Crippen molar-refractivity contribution in [2.45, 2.75) is 38.4 Å². The van der Waals surface area contributed by atoms with E-state index < -0.39 is 23.4 Å². The maximum atomic E-state index is 15.5. The summed E-state index contributed by atoms with van der Waals surface area (Å²) in [7, 11) is 0. The normalized spacial score (nSPS) is 16.1. The molecule has 4 rings (SSSR count). The van der Waals surface area contributed by atoms with Crippen LogP contribution in [-0.2, 0) is 4.74 Å². The largest absolute Gasteiger partial charge is 0.461 e. The number of rotatable bonds is 8. The Labute approximate surface area is 218 Å². The molecule has 0 spiro atoms. The van der Waals surface area contributed by atoms with E-state index in [1.54, 1.807) is 30.5 Å². The molecule has 1 saturated heterocycles. The van der Waals surface area contributed by atoms with Gasteiger partial charge in [-0.15, -0.1) is 11.3 Å². The van der Waals surface area contributed by atoms with Crippen LogP contribution < -0.4 is 0 Å². The van der Waals surface area contributed by atoms with Crippen LogP contribution >= 0.6 is 22.9 Å². The Morgan fingerprint density at radius 2 is 1.97 bits per heavy atom. The Hall–Kier alpha value is -2.86. The molecule has 3 aromatic rings. The first-order valence-electron chi connectivity index (χ1n) is 11.6. The zero-order valence-corrected chi connectivity index (χ0v) is 21.7. The molecule has 1 aliphatic rings. The van der Waals surface area contributed by atoms with Crippen molar-refractivity contribution in [1.29, 1.82) is 5.26 Å². The minimum atomic E-state index is -1.63. The number of alkyl halides is 1. The van der Waals surface area contributed by atoms with E-state index in [1.807, 2.05) is 18.2 Å². The smallest absolute Gasteiger partial charge is 0.357 e. The van der Waals surface area contributed by atoms with E-state index >= 15 is 4.39 Å². The molecule has 9 heteroatoms. The summed E-state index contributed by atoms with van der Waals surface area (Å²) in [5, 5.41) is 12.3. The number of hydrogen-bond acceptors (Lipinski definition) is 6. The molecule has 0 aliphatic carbocycles. The summed E-state index contributed by atoms with van der Waals surface area (Å²) in [5.41, 5.74) is 0.204. The number of nitrogens with zero attached hydrogens (tertiary/aromatic N) is 3. The number of thiazole rings is 1. The summed E-state index contributed by atoms with van der Waals surface area (Å²) >= 11 is 7.47. The van der Waals surface area contributed by atoms with Crippen molar-refractivity contribution in [1.82, 2.24) is 9.88 Å². The van der Waals surface area contributed by atoms with Gasteiger partial charge >= 0.3 is 5.97 Å². The van der Waals surface area contributed by atoms with Gasteiger partial charge in [0.15, 0.2) is 5.69 Å². The first-order valence-corrected chi connectivity index (χ1v) is 12.9. The van der Waals surface area contributed by atoms with Crippen LogP contribution in [0.1, 0.15) is 64.9 Å². The van der Waals surface area contributed by atoms with Gasteiger partial charge in [0.25, 0.3) is 0 Å². The Morgan fingerprint density at radius 1 is 1.28 bits per heavy atom. The number of esters is 1. The zero-order valence-electron chi connectivity index (χ0n) is 20.2. The lowest BCUT2D eigenvalue weighted by Crippen LogP contribution is -2.53. The van der Waals surface area contributed by atoms with Crippen molar-refractivity contribution >= 4 is 28.9 Å². The number of likely N-dealkylation sites (tertiary alicyclic amines) is 1. The lowest BCUT2D eigenvalue weighted by Gasteiger charge is -2.49. The third-order valence-electron chi connectivity index (χ3n) is 6.35. The van der Waals surface area contributed by atoms with Gasteiger partial charge in [0.2, 0.25) is 0 Å². The molecule has 2 atom stereocenters. The van der Waals surface area contributed by atoms with E-state index in [-0.39, 0.29) is 29.8 Å². The third kappa shape index (κ3) is 5.59. The van der Waals surface area contributed by atoms with Crippen molar-refractivity contribution < 1.29 is 18.3 Å². The average molecular weight is 530 g/mol. The first kappa shape index (κ1) is 26.2. The molecule has 0 saturated carbocycles. The number of aromatic nitrogens is 1. The van der Waals surface area contributed by atoms with Crippen LogP contribution in [0, 0.1) is 23.1 Å². The molecule has 1 fully saturated rings. The Kier molecular flexibility index (Phi) is 7.74. The fraction of sp³-hybridized carbons (Fsp3) is 0.370. The van der Waals surface area contributed by atoms with E-state index in [0.29, 0.717) is 28.7 Å². The highest BCUT2D eigenvalue weighted by Gasteiger charge is 2.46. The predicted molar refractivity (Wildman–Crippen MR) is 135 cm³/mol. The number of halogens is 3. The van der Waals surface area contributed by atoms with Crippen molar-refractivity contribution in [3.8, 4) is 6.07 Å². The minimum Gasteiger partial charge on any atom is -0.461 e. The quantitative estimate of drug-likeness (QED) is 0.310. The summed E-state index contributed by atoms with van der Waals surface area (Å²) in [6, 6.07) is 13.1. The second-order valence-corrected chi connectivity index (χ2v) is 10.7. The van der Waals surface area contributed by atoms with Gasteiger partial charge in [-0.05, 0) is 68.1 Å². The highest BCUT2D eigenvalue weighted by atomic mass is 35.5. The third-order valence-corrected chi connectivity index (χ3v) is 7.50. The Morgan fingerprint density at radius 3 is 2.58 bits per heavy atom. The van der Waals surface area contributed by atoms with Crippen molar-refractivity contribution in [3.05, 3.63) is 86.1 Å². The van der Waals surface area contributed by atoms with Gasteiger partial charge in [-0.25, -0.2) is 18.6 Å². The van der Waals surface area contributed by atoms with Crippen LogP contribution in [0.3, 0.4) is 0 Å². The highest BCUT2D eigenvalue weighted by molar-refractivity contribution is 7.10. The number of nitriles is 1. The van der Waals surface area contributed by atoms with Gasteiger partial charge in [-0.1, -0.05) is 23.7 Å². The molecule has 0 bridgehead atoms. The highest BCUT2D eigenvalue weighted by Crippen LogP contribution is 2.46. The zero-order chi connectivity index (χ0) is 26.0. The van der Waals surface area contributed by atoms with Gasteiger partial charge in [0, 0.05) is 29.4 Å². The van der Waals surface area contributed by atoms with E-state index in [2.05, 4.69) is 9.88 Å². The minimum absolute atomic E-state index is 0.113. The van der Waals surface area contributed by atoms with Crippen molar-refractivity contribution in [2.75, 3.05) is 19.7 Å². The average Bonchev–Trinajstić information content (AvgIpc) is 3.27. The van der Waals surface area contributed by atoms with Crippen molar-refractivity contribution in [3.63, 3.8) is 0 Å². The molecule has 0 radical (unpaired) electrons. The Balaban J connectivity index is 1.64. The maximum Gasteiger partial charge on any atom is 0.357 e. The summed E-state index contributed by atoms with van der Waals surface area (Å²) in [4.78, 5) is 18.9. The molecule has 1 aromatic heterocycles. The van der Waals surface area contributed by atoms with Gasteiger partial charge in [-0.3, -0.25) is 4.90 Å². The van der Waals surface area contributed by atoms with Crippen molar-refractivity contribution in [2.24, 2.45) is 5.92 Å². The fourth-order valence-electron chi connectivity index (χ4n) is 4.92. The second-order valence-electron chi connectivity index (χ2n) is 9.39. The molecule has 5 nitrogen and oxygen atoms in total. The monoisotopic (exact) mass is 529 g/mol. The van der Waals surface area contributed by atoms with Gasteiger partial charge in [-0.2, -0.15) is 5.26 Å². The number of carbonyl (C=O) groups excluding carboxylic acids is 1. The topological polar surface area (TPSA) is 66.2 Å². The number of benzene rings is 2. The van der Waals surface area contributed by atoms with Crippen LogP contribution in [0.2, 0.25) is 5.02 Å². The molecular weight excluding hydrogens is 504 g/mol. The molecule has 1 aliphatic heterocycles. The van der Waals surface area contributed by atoms with Crippen LogP contribution in [0.5, 0.6) is 0 Å². The number of ether oxygens (including phenoxy) is 1. The lowest BCUT2D eigenvalue weighted by atomic mass is 9.72. The van der Waals surface area contributed by atoms with E-state index in [9.17, 15) is 14.4 Å². The summed E-state index contributed by atoms with van der Waals surface area (Å²) in [6.07, 6.45) is 0. The van der Waals surface area contributed by atoms with E-state index in [1.165, 1.54) is 31.3 Å². The summed E-state index contributed by atoms with van der Waals surface area (Å²) in [6.45, 7) is 6.02. The first-order chi connectivity index (χ1) is 17.1. The number of hydrogen-bond donors (Lipinski definition) is 0. The summed E-state index contributed by atoms with van der Waals surface area (Å²) in [5.74, 6) is -1.75. The summed E-state index contributed by atoms with van der Waals surface area (Å²) < 4.78 is 34.8. The van der Waals surface area contributed by atoms with E-state index in [0.717, 1.165) is 11.6 Å². The molecule has 2 aromatic carbocycles. The molecule has 36 heavy (non-hydrogen) atoms. The molecule has 2 heterocycles. The Bertz CT molecular complexity index is 1280. The molecule has 188 valence electrons. The van der Waals surface area contributed by atoms with Crippen LogP contribution in [0.4, 0.5) is 8.78 Å². The van der Waals surface area contributed by atoms with Gasteiger partial charge in [0.05, 0.1) is 24.3 Å². The number of carbonyl (C=O) groups is 1.